The Morgan fingerprint density at radius 1 is 1.42 bits per heavy atom. The first kappa shape index (κ1) is 12.8. The van der Waals surface area contributed by atoms with Crippen LogP contribution in [0.1, 0.15) is 23.6 Å². The van der Waals surface area contributed by atoms with Gasteiger partial charge in [-0.25, -0.2) is 0 Å². The third kappa shape index (κ3) is 3.01. The molecule has 1 aromatic carbocycles. The fourth-order valence-corrected chi connectivity index (χ4v) is 3.67. The van der Waals surface area contributed by atoms with E-state index < -0.39 is 0 Å². The van der Waals surface area contributed by atoms with E-state index in [2.05, 4.69) is 40.9 Å². The summed E-state index contributed by atoms with van der Waals surface area (Å²) in [5.74, 6) is 1.21. The molecule has 0 amide bonds. The number of nitrogens with zero attached hydrogens (tertiary/aromatic N) is 2. The first-order valence-electron chi connectivity index (χ1n) is 6.75. The molecule has 3 nitrogen and oxygen atoms in total. The molecule has 1 aromatic heterocycles. The fourth-order valence-electron chi connectivity index (χ4n) is 2.55. The number of benzene rings is 1. The maximum absolute atomic E-state index is 4.20. The highest BCUT2D eigenvalue weighted by Crippen LogP contribution is 2.35. The number of aryl methyl sites for hydroxylation is 1. The number of hydrogen-bond donors (Lipinski definition) is 1. The summed E-state index contributed by atoms with van der Waals surface area (Å²) in [6, 6.07) is 9.26. The summed E-state index contributed by atoms with van der Waals surface area (Å²) in [6.45, 7) is 1.01. The molecule has 2 aromatic rings. The van der Waals surface area contributed by atoms with Crippen LogP contribution in [-0.2, 0) is 13.5 Å². The lowest BCUT2D eigenvalue weighted by atomic mass is 10.0. The highest BCUT2D eigenvalue weighted by Gasteiger charge is 2.19. The zero-order valence-corrected chi connectivity index (χ0v) is 12.0. The Labute approximate surface area is 118 Å². The maximum atomic E-state index is 4.20. The standard InChI is InChI=1S/C15H19N3S/c1-18-11-12(10-17-18)6-8-16-14-7-9-19-15-5-3-2-4-13(14)15/h2-5,10-11,14,16H,6-9H2,1H3. The van der Waals surface area contributed by atoms with Crippen LogP contribution in [0.3, 0.4) is 0 Å². The van der Waals surface area contributed by atoms with Crippen LogP contribution in [0.5, 0.6) is 0 Å². The van der Waals surface area contributed by atoms with Gasteiger partial charge in [0.25, 0.3) is 0 Å². The SMILES string of the molecule is Cn1cc(CCNC2CCSc3ccccc32)cn1. The molecule has 0 saturated heterocycles. The Morgan fingerprint density at radius 3 is 3.16 bits per heavy atom. The summed E-state index contributed by atoms with van der Waals surface area (Å²) < 4.78 is 1.86. The molecule has 1 aliphatic heterocycles. The van der Waals surface area contributed by atoms with E-state index in [0.717, 1.165) is 13.0 Å². The summed E-state index contributed by atoms with van der Waals surface area (Å²) in [5.41, 5.74) is 2.76. The maximum Gasteiger partial charge on any atom is 0.0522 e. The lowest BCUT2D eigenvalue weighted by Crippen LogP contribution is -2.26. The van der Waals surface area contributed by atoms with Gasteiger partial charge in [-0.1, -0.05) is 18.2 Å². The Morgan fingerprint density at radius 2 is 2.32 bits per heavy atom. The number of hydrogen-bond acceptors (Lipinski definition) is 3. The highest BCUT2D eigenvalue weighted by molar-refractivity contribution is 7.99. The van der Waals surface area contributed by atoms with Gasteiger partial charge in [0.05, 0.1) is 6.20 Å². The molecule has 1 unspecified atom stereocenters. The van der Waals surface area contributed by atoms with Crippen molar-refractivity contribution < 1.29 is 0 Å². The van der Waals surface area contributed by atoms with Gasteiger partial charge in [0.1, 0.15) is 0 Å². The average Bonchev–Trinajstić information content (AvgIpc) is 2.85. The molecule has 0 bridgehead atoms. The van der Waals surface area contributed by atoms with Gasteiger partial charge in [-0.05, 0) is 42.3 Å². The van der Waals surface area contributed by atoms with Crippen molar-refractivity contribution in [3.8, 4) is 0 Å². The molecule has 100 valence electrons. The number of fused-ring (bicyclic) bond motifs is 1. The lowest BCUT2D eigenvalue weighted by molar-refractivity contribution is 0.514. The Kier molecular flexibility index (Phi) is 3.89. The minimum absolute atomic E-state index is 0.508. The van der Waals surface area contributed by atoms with Crippen molar-refractivity contribution in [3.05, 3.63) is 47.8 Å². The van der Waals surface area contributed by atoms with Crippen molar-refractivity contribution in [1.82, 2.24) is 15.1 Å². The van der Waals surface area contributed by atoms with Gasteiger partial charge >= 0.3 is 0 Å². The van der Waals surface area contributed by atoms with Gasteiger partial charge in [-0.3, -0.25) is 4.68 Å². The van der Waals surface area contributed by atoms with Gasteiger partial charge < -0.3 is 5.32 Å². The topological polar surface area (TPSA) is 29.9 Å². The van der Waals surface area contributed by atoms with Gasteiger partial charge in [0.2, 0.25) is 0 Å². The minimum Gasteiger partial charge on any atom is -0.310 e. The van der Waals surface area contributed by atoms with E-state index in [4.69, 9.17) is 0 Å². The third-order valence-corrected chi connectivity index (χ3v) is 4.64. The molecule has 0 spiro atoms. The summed E-state index contributed by atoms with van der Waals surface area (Å²) >= 11 is 1.97. The molecule has 0 saturated carbocycles. The zero-order valence-electron chi connectivity index (χ0n) is 11.2. The van der Waals surface area contributed by atoms with E-state index in [1.54, 1.807) is 0 Å². The lowest BCUT2D eigenvalue weighted by Gasteiger charge is -2.25. The normalized spacial score (nSPS) is 18.3. The molecule has 19 heavy (non-hydrogen) atoms. The van der Waals surface area contributed by atoms with Crippen molar-refractivity contribution in [1.29, 1.82) is 0 Å². The Bertz CT molecular complexity index is 550. The van der Waals surface area contributed by atoms with Crippen molar-refractivity contribution in [2.45, 2.75) is 23.8 Å². The molecule has 1 aliphatic rings. The van der Waals surface area contributed by atoms with Crippen molar-refractivity contribution in [2.24, 2.45) is 7.05 Å². The summed E-state index contributed by atoms with van der Waals surface area (Å²) in [6.07, 6.45) is 6.30. The quantitative estimate of drug-likeness (QED) is 0.929. The van der Waals surface area contributed by atoms with Crippen LogP contribution in [0.25, 0.3) is 0 Å². The molecule has 1 atom stereocenters. The van der Waals surface area contributed by atoms with Crippen LogP contribution in [0.2, 0.25) is 0 Å². The van der Waals surface area contributed by atoms with Crippen molar-refractivity contribution in [2.75, 3.05) is 12.3 Å². The first-order chi connectivity index (χ1) is 9.33. The van der Waals surface area contributed by atoms with Crippen LogP contribution in [-0.4, -0.2) is 22.1 Å². The molecule has 0 aliphatic carbocycles. The molecular weight excluding hydrogens is 254 g/mol. The fraction of sp³-hybridized carbons (Fsp3) is 0.400. The third-order valence-electron chi connectivity index (χ3n) is 3.52. The van der Waals surface area contributed by atoms with Crippen LogP contribution in [0.15, 0.2) is 41.6 Å². The van der Waals surface area contributed by atoms with E-state index >= 15 is 0 Å². The molecule has 2 heterocycles. The predicted octanol–water partition coefficient (Wildman–Crippen LogP) is 2.79. The van der Waals surface area contributed by atoms with Crippen molar-refractivity contribution >= 4 is 11.8 Å². The predicted molar refractivity (Wildman–Crippen MR) is 79.4 cm³/mol. The van der Waals surface area contributed by atoms with Crippen molar-refractivity contribution in [3.63, 3.8) is 0 Å². The van der Waals surface area contributed by atoms with Gasteiger partial charge in [0, 0.05) is 24.2 Å². The van der Waals surface area contributed by atoms with E-state index in [1.807, 2.05) is 29.7 Å². The second-order valence-electron chi connectivity index (χ2n) is 4.95. The van der Waals surface area contributed by atoms with Gasteiger partial charge in [-0.15, -0.1) is 11.8 Å². The second-order valence-corrected chi connectivity index (χ2v) is 6.09. The molecule has 1 N–H and O–H groups in total. The van der Waals surface area contributed by atoms with Crippen LogP contribution >= 0.6 is 11.8 Å². The molecule has 3 rings (SSSR count). The molecular formula is C15H19N3S. The summed E-state index contributed by atoms with van der Waals surface area (Å²) in [7, 11) is 1.96. The number of aromatic nitrogens is 2. The number of nitrogens with one attached hydrogen (secondary N) is 1. The van der Waals surface area contributed by atoms with Crippen LogP contribution in [0.4, 0.5) is 0 Å². The van der Waals surface area contributed by atoms with E-state index in [0.29, 0.717) is 6.04 Å². The summed E-state index contributed by atoms with van der Waals surface area (Å²) in [5, 5.41) is 7.89. The minimum atomic E-state index is 0.508. The van der Waals surface area contributed by atoms with Crippen LogP contribution < -0.4 is 5.32 Å². The molecule has 0 radical (unpaired) electrons. The van der Waals surface area contributed by atoms with E-state index in [-0.39, 0.29) is 0 Å². The highest BCUT2D eigenvalue weighted by atomic mass is 32.2. The van der Waals surface area contributed by atoms with Gasteiger partial charge in [-0.2, -0.15) is 5.10 Å². The Hall–Kier alpha value is -1.26. The largest absolute Gasteiger partial charge is 0.310 e. The second kappa shape index (κ2) is 5.80. The number of rotatable bonds is 4. The molecule has 0 fully saturated rings. The number of thioether (sulfide) groups is 1. The van der Waals surface area contributed by atoms with E-state index in [1.165, 1.54) is 28.2 Å². The summed E-state index contributed by atoms with van der Waals surface area (Å²) in [4.78, 5) is 1.44. The monoisotopic (exact) mass is 273 g/mol. The smallest absolute Gasteiger partial charge is 0.0522 e. The zero-order chi connectivity index (χ0) is 13.1. The average molecular weight is 273 g/mol. The molecule has 4 heteroatoms. The first-order valence-corrected chi connectivity index (χ1v) is 7.74. The van der Waals surface area contributed by atoms with Gasteiger partial charge in [0.15, 0.2) is 0 Å². The Balaban J connectivity index is 1.59. The van der Waals surface area contributed by atoms with E-state index in [9.17, 15) is 0 Å². The van der Waals surface area contributed by atoms with Crippen LogP contribution in [0, 0.1) is 0 Å².